The summed E-state index contributed by atoms with van der Waals surface area (Å²) in [6, 6.07) is 12.2. The molecule has 1 unspecified atom stereocenters. The Kier molecular flexibility index (Phi) is 9.40. The number of rotatable bonds is 11. The highest BCUT2D eigenvalue weighted by Crippen LogP contribution is 2.28. The summed E-state index contributed by atoms with van der Waals surface area (Å²) in [4.78, 5) is 11.3. The minimum Gasteiger partial charge on any atom is -0.469 e. The van der Waals surface area contributed by atoms with Crippen molar-refractivity contribution in [1.29, 1.82) is 0 Å². The average Bonchev–Trinajstić information content (AvgIpc) is 2.73. The van der Waals surface area contributed by atoms with E-state index in [1.807, 2.05) is 24.3 Å². The first-order valence-electron chi connectivity index (χ1n) is 10.9. The smallest absolute Gasteiger partial charge is 0.305 e. The van der Waals surface area contributed by atoms with Crippen LogP contribution in [0.2, 0.25) is 0 Å². The number of ether oxygens (including phenoxy) is 1. The average molecular weight is 464 g/mol. The lowest BCUT2D eigenvalue weighted by molar-refractivity contribution is -0.140. The lowest BCUT2D eigenvalue weighted by atomic mass is 9.88. The number of carbonyl (C=O) groups is 1. The van der Waals surface area contributed by atoms with Gasteiger partial charge in [-0.15, -0.1) is 0 Å². The molecule has 1 N–H and O–H groups in total. The molecule has 2 aromatic carbocycles. The van der Waals surface area contributed by atoms with Crippen molar-refractivity contribution in [3.63, 3.8) is 0 Å². The molecule has 0 aliphatic rings. The quantitative estimate of drug-likeness (QED) is 0.443. The summed E-state index contributed by atoms with van der Waals surface area (Å²) in [5, 5.41) is 0. The Labute approximate surface area is 191 Å². The lowest BCUT2D eigenvalue weighted by Crippen LogP contribution is -2.29. The minimum absolute atomic E-state index is 0.0409. The van der Waals surface area contributed by atoms with Gasteiger partial charge in [0.1, 0.15) is 5.82 Å². The third-order valence-corrected chi connectivity index (χ3v) is 6.78. The molecule has 2 rings (SSSR count). The highest BCUT2D eigenvalue weighted by molar-refractivity contribution is 7.89. The normalized spacial score (nSPS) is 13.0. The Morgan fingerprint density at radius 2 is 1.66 bits per heavy atom. The van der Waals surface area contributed by atoms with Crippen LogP contribution in [0, 0.1) is 11.2 Å². The van der Waals surface area contributed by atoms with Crippen LogP contribution in [0.1, 0.15) is 70.0 Å². The molecule has 0 aliphatic heterocycles. The molecule has 0 aromatic heterocycles. The van der Waals surface area contributed by atoms with Gasteiger partial charge in [-0.05, 0) is 66.5 Å². The summed E-state index contributed by atoms with van der Waals surface area (Å²) >= 11 is 0. The van der Waals surface area contributed by atoms with E-state index in [1.54, 1.807) is 0 Å². The summed E-state index contributed by atoms with van der Waals surface area (Å²) in [5.74, 6) is -0.704. The predicted octanol–water partition coefficient (Wildman–Crippen LogP) is 5.56. The second-order valence-corrected chi connectivity index (χ2v) is 11.0. The van der Waals surface area contributed by atoms with E-state index < -0.39 is 21.9 Å². The van der Waals surface area contributed by atoms with Gasteiger partial charge in [0.2, 0.25) is 10.0 Å². The van der Waals surface area contributed by atoms with Crippen LogP contribution in [-0.4, -0.2) is 21.5 Å². The van der Waals surface area contributed by atoms with Gasteiger partial charge < -0.3 is 4.74 Å². The van der Waals surface area contributed by atoms with Crippen molar-refractivity contribution >= 4 is 16.0 Å². The highest BCUT2D eigenvalue weighted by atomic mass is 32.2. The lowest BCUT2D eigenvalue weighted by Gasteiger charge is -2.23. The zero-order chi connectivity index (χ0) is 23.8. The first kappa shape index (κ1) is 26.0. The van der Waals surface area contributed by atoms with Gasteiger partial charge >= 0.3 is 5.97 Å². The maximum Gasteiger partial charge on any atom is 0.305 e. The summed E-state index contributed by atoms with van der Waals surface area (Å²) in [6.45, 7) is 6.48. The van der Waals surface area contributed by atoms with E-state index in [0.717, 1.165) is 42.5 Å². The Morgan fingerprint density at radius 1 is 1.03 bits per heavy atom. The maximum atomic E-state index is 13.2. The van der Waals surface area contributed by atoms with Crippen molar-refractivity contribution in [2.24, 2.45) is 5.41 Å². The van der Waals surface area contributed by atoms with Gasteiger partial charge in [-0.25, -0.2) is 17.5 Å². The number of nitrogens with one attached hydrogen (secondary N) is 1. The van der Waals surface area contributed by atoms with E-state index in [4.69, 9.17) is 0 Å². The molecule has 0 aliphatic carbocycles. The molecule has 0 bridgehead atoms. The van der Waals surface area contributed by atoms with E-state index in [0.29, 0.717) is 19.3 Å². The number of hydrogen-bond acceptors (Lipinski definition) is 4. The monoisotopic (exact) mass is 463 g/mol. The number of hydrogen-bond donors (Lipinski definition) is 1. The highest BCUT2D eigenvalue weighted by Gasteiger charge is 2.22. The van der Waals surface area contributed by atoms with Crippen molar-refractivity contribution in [1.82, 2.24) is 4.72 Å². The molecule has 0 amide bonds. The van der Waals surface area contributed by atoms with Gasteiger partial charge in [0, 0.05) is 12.5 Å². The Morgan fingerprint density at radius 3 is 2.22 bits per heavy atom. The van der Waals surface area contributed by atoms with Gasteiger partial charge in [0.15, 0.2) is 0 Å². The fourth-order valence-corrected chi connectivity index (χ4v) is 4.71. The second-order valence-electron chi connectivity index (χ2n) is 9.25. The molecule has 0 heterocycles. The molecule has 32 heavy (non-hydrogen) atoms. The molecule has 7 heteroatoms. The van der Waals surface area contributed by atoms with Gasteiger partial charge in [-0.3, -0.25) is 4.79 Å². The summed E-state index contributed by atoms with van der Waals surface area (Å²) < 4.78 is 46.5. The van der Waals surface area contributed by atoms with Crippen LogP contribution in [0.5, 0.6) is 0 Å². The van der Waals surface area contributed by atoms with E-state index >= 15 is 0 Å². The number of halogens is 1. The van der Waals surface area contributed by atoms with Crippen LogP contribution in [-0.2, 0) is 26.0 Å². The topological polar surface area (TPSA) is 72.5 Å². The van der Waals surface area contributed by atoms with Crippen LogP contribution in [0.25, 0.3) is 0 Å². The summed E-state index contributed by atoms with van der Waals surface area (Å²) in [6.07, 6.45) is 4.28. The molecule has 0 saturated carbocycles. The number of aryl methyl sites for hydroxylation is 1. The van der Waals surface area contributed by atoms with E-state index in [-0.39, 0.29) is 16.3 Å². The third-order valence-electron chi connectivity index (χ3n) is 5.30. The van der Waals surface area contributed by atoms with Crippen molar-refractivity contribution in [3.05, 3.63) is 65.5 Å². The predicted molar refractivity (Wildman–Crippen MR) is 124 cm³/mol. The van der Waals surface area contributed by atoms with Crippen molar-refractivity contribution < 1.29 is 22.3 Å². The zero-order valence-electron chi connectivity index (χ0n) is 19.4. The van der Waals surface area contributed by atoms with Crippen molar-refractivity contribution in [2.45, 2.75) is 70.2 Å². The largest absolute Gasteiger partial charge is 0.469 e. The number of methoxy groups -OCH3 is 1. The first-order valence-corrected chi connectivity index (χ1v) is 12.4. The molecule has 0 radical (unpaired) electrons. The number of sulfonamides is 1. The molecular formula is C25H34FNO4S. The fraction of sp³-hybridized carbons (Fsp3) is 0.480. The second kappa shape index (κ2) is 11.6. The van der Waals surface area contributed by atoms with E-state index in [2.05, 4.69) is 30.2 Å². The van der Waals surface area contributed by atoms with E-state index in [9.17, 15) is 17.6 Å². The molecule has 1 atom stereocenters. The maximum absolute atomic E-state index is 13.2. The molecule has 0 saturated heterocycles. The summed E-state index contributed by atoms with van der Waals surface area (Å²) in [7, 11) is -2.42. The zero-order valence-corrected chi connectivity index (χ0v) is 20.2. The SMILES string of the molecule is COC(=O)CCCc1ccc(C(CCCC(C)(C)C)NS(=O)(=O)c2ccc(F)cc2)cc1. The van der Waals surface area contributed by atoms with Gasteiger partial charge in [-0.1, -0.05) is 51.5 Å². The third kappa shape index (κ3) is 8.71. The minimum atomic E-state index is -3.80. The van der Waals surface area contributed by atoms with Gasteiger partial charge in [-0.2, -0.15) is 0 Å². The molecular weight excluding hydrogens is 429 g/mol. The Hall–Kier alpha value is -2.25. The molecule has 5 nitrogen and oxygen atoms in total. The van der Waals surface area contributed by atoms with Crippen molar-refractivity contribution in [2.75, 3.05) is 7.11 Å². The Balaban J connectivity index is 2.15. The molecule has 0 spiro atoms. The van der Waals surface area contributed by atoms with Gasteiger partial charge in [0.25, 0.3) is 0 Å². The molecule has 0 fully saturated rings. The van der Waals surface area contributed by atoms with Crippen molar-refractivity contribution in [3.8, 4) is 0 Å². The van der Waals surface area contributed by atoms with Crippen LogP contribution >= 0.6 is 0 Å². The molecule has 176 valence electrons. The fourth-order valence-electron chi connectivity index (χ4n) is 3.45. The van der Waals surface area contributed by atoms with Crippen LogP contribution < -0.4 is 4.72 Å². The Bertz CT molecular complexity index is 964. The van der Waals surface area contributed by atoms with Gasteiger partial charge in [0.05, 0.1) is 12.0 Å². The summed E-state index contributed by atoms with van der Waals surface area (Å²) in [5.41, 5.74) is 2.11. The number of carbonyl (C=O) groups excluding carboxylic acids is 1. The van der Waals surface area contributed by atoms with Crippen LogP contribution in [0.3, 0.4) is 0 Å². The van der Waals surface area contributed by atoms with E-state index in [1.165, 1.54) is 19.2 Å². The standard InChI is InChI=1S/C25H34FNO4S/c1-25(2,3)18-6-8-23(27-32(29,30)22-16-14-21(26)15-17-22)20-12-10-19(11-13-20)7-5-9-24(28)31-4/h10-17,23,27H,5-9,18H2,1-4H3. The molecule has 2 aromatic rings. The van der Waals surface area contributed by atoms with Crippen LogP contribution in [0.15, 0.2) is 53.4 Å². The number of benzene rings is 2. The number of esters is 1. The first-order chi connectivity index (χ1) is 15.0. The van der Waals surface area contributed by atoms with Crippen LogP contribution in [0.4, 0.5) is 4.39 Å².